The van der Waals surface area contributed by atoms with Gasteiger partial charge in [0.1, 0.15) is 5.75 Å². The van der Waals surface area contributed by atoms with Gasteiger partial charge in [-0.3, -0.25) is 19.4 Å². The molecule has 2 heterocycles. The topological polar surface area (TPSA) is 53.1 Å². The summed E-state index contributed by atoms with van der Waals surface area (Å²) in [5.74, 6) is 0.314. The second-order valence-electron chi connectivity index (χ2n) is 7.39. The van der Waals surface area contributed by atoms with Crippen LogP contribution in [-0.2, 0) is 16.1 Å². The van der Waals surface area contributed by atoms with Crippen molar-refractivity contribution in [1.82, 2.24) is 9.80 Å². The van der Waals surface area contributed by atoms with Gasteiger partial charge < -0.3 is 4.74 Å². The van der Waals surface area contributed by atoms with Crippen molar-refractivity contribution in [1.29, 1.82) is 0 Å². The molecule has 0 saturated carbocycles. The Labute approximate surface area is 175 Å². The molecule has 2 fully saturated rings. The predicted molar refractivity (Wildman–Crippen MR) is 112 cm³/mol. The van der Waals surface area contributed by atoms with Crippen LogP contribution in [0.25, 0.3) is 0 Å². The maximum Gasteiger partial charge on any atom is 0.251 e. The van der Waals surface area contributed by atoms with Gasteiger partial charge in [-0.05, 0) is 23.8 Å². The van der Waals surface area contributed by atoms with E-state index in [0.29, 0.717) is 11.4 Å². The minimum Gasteiger partial charge on any atom is -0.497 e. The predicted octanol–water partition coefficient (Wildman–Crippen LogP) is 2.80. The summed E-state index contributed by atoms with van der Waals surface area (Å²) in [6, 6.07) is 14.6. The SMILES string of the molecule is COc1cccc(N2C(=O)C[C@H](N3CCN(Cc4ccccc4Cl)CC3)C2=O)c1. The van der Waals surface area contributed by atoms with E-state index in [1.165, 1.54) is 4.90 Å². The van der Waals surface area contributed by atoms with Crippen LogP contribution in [0.2, 0.25) is 5.02 Å². The van der Waals surface area contributed by atoms with E-state index in [-0.39, 0.29) is 18.2 Å². The van der Waals surface area contributed by atoms with E-state index in [2.05, 4.69) is 9.80 Å². The number of nitrogens with zero attached hydrogens (tertiary/aromatic N) is 3. The molecule has 29 heavy (non-hydrogen) atoms. The highest BCUT2D eigenvalue weighted by Gasteiger charge is 2.43. The third-order valence-corrected chi connectivity index (χ3v) is 6.00. The summed E-state index contributed by atoms with van der Waals surface area (Å²) in [6.07, 6.45) is 0.223. The number of hydrogen-bond acceptors (Lipinski definition) is 5. The fourth-order valence-corrected chi connectivity index (χ4v) is 4.22. The molecule has 0 unspecified atom stereocenters. The van der Waals surface area contributed by atoms with Crippen LogP contribution in [0.15, 0.2) is 48.5 Å². The lowest BCUT2D eigenvalue weighted by Crippen LogP contribution is -2.52. The first kappa shape index (κ1) is 19.9. The van der Waals surface area contributed by atoms with Gasteiger partial charge in [0.2, 0.25) is 5.91 Å². The largest absolute Gasteiger partial charge is 0.497 e. The van der Waals surface area contributed by atoms with Crippen LogP contribution >= 0.6 is 11.6 Å². The minimum absolute atomic E-state index is 0.150. The van der Waals surface area contributed by atoms with E-state index in [1.54, 1.807) is 31.4 Å². The Morgan fingerprint density at radius 2 is 1.79 bits per heavy atom. The van der Waals surface area contributed by atoms with Crippen molar-refractivity contribution < 1.29 is 14.3 Å². The van der Waals surface area contributed by atoms with E-state index < -0.39 is 6.04 Å². The van der Waals surface area contributed by atoms with Crippen molar-refractivity contribution in [2.45, 2.75) is 19.0 Å². The molecule has 0 radical (unpaired) electrons. The molecule has 0 aliphatic carbocycles. The first-order valence-corrected chi connectivity index (χ1v) is 10.2. The Hall–Kier alpha value is -2.41. The number of imide groups is 1. The molecule has 0 spiro atoms. The lowest BCUT2D eigenvalue weighted by Gasteiger charge is -2.37. The van der Waals surface area contributed by atoms with Gasteiger partial charge in [0.25, 0.3) is 5.91 Å². The molecule has 2 aliphatic rings. The number of methoxy groups -OCH3 is 1. The number of carbonyl (C=O) groups excluding carboxylic acids is 2. The highest BCUT2D eigenvalue weighted by atomic mass is 35.5. The molecule has 6 nitrogen and oxygen atoms in total. The normalized spacial score (nSPS) is 21.0. The quantitative estimate of drug-likeness (QED) is 0.705. The van der Waals surface area contributed by atoms with Crippen LogP contribution in [0.1, 0.15) is 12.0 Å². The zero-order chi connectivity index (χ0) is 20.4. The van der Waals surface area contributed by atoms with Crippen molar-refractivity contribution in [3.05, 3.63) is 59.1 Å². The fraction of sp³-hybridized carbons (Fsp3) is 0.364. The summed E-state index contributed by atoms with van der Waals surface area (Å²) in [5.41, 5.74) is 1.68. The van der Waals surface area contributed by atoms with Crippen molar-refractivity contribution in [3.8, 4) is 5.75 Å². The fourth-order valence-electron chi connectivity index (χ4n) is 4.02. The molecule has 2 aromatic rings. The van der Waals surface area contributed by atoms with Gasteiger partial charge in [0.05, 0.1) is 25.3 Å². The Morgan fingerprint density at radius 1 is 1.03 bits per heavy atom. The van der Waals surface area contributed by atoms with Gasteiger partial charge in [-0.2, -0.15) is 0 Å². The number of hydrogen-bond donors (Lipinski definition) is 0. The second-order valence-corrected chi connectivity index (χ2v) is 7.80. The molecule has 2 amide bonds. The summed E-state index contributed by atoms with van der Waals surface area (Å²) in [5, 5.41) is 0.778. The minimum atomic E-state index is -0.392. The van der Waals surface area contributed by atoms with Crippen LogP contribution in [0.3, 0.4) is 0 Å². The molecular formula is C22H24ClN3O3. The van der Waals surface area contributed by atoms with E-state index >= 15 is 0 Å². The molecule has 2 aromatic carbocycles. The summed E-state index contributed by atoms with van der Waals surface area (Å²) >= 11 is 6.27. The Bertz CT molecular complexity index is 912. The number of carbonyl (C=O) groups is 2. The molecule has 1 atom stereocenters. The van der Waals surface area contributed by atoms with Gasteiger partial charge >= 0.3 is 0 Å². The molecule has 0 aromatic heterocycles. The summed E-state index contributed by atoms with van der Waals surface area (Å²) in [6.45, 7) is 3.96. The number of benzene rings is 2. The highest BCUT2D eigenvalue weighted by Crippen LogP contribution is 2.29. The average molecular weight is 414 g/mol. The van der Waals surface area contributed by atoms with Gasteiger partial charge in [0.15, 0.2) is 0 Å². The van der Waals surface area contributed by atoms with Crippen molar-refractivity contribution in [2.75, 3.05) is 38.2 Å². The molecule has 4 rings (SSSR count). The van der Waals surface area contributed by atoms with Gasteiger partial charge in [0, 0.05) is 43.8 Å². The van der Waals surface area contributed by atoms with Gasteiger partial charge in [-0.25, -0.2) is 4.90 Å². The van der Waals surface area contributed by atoms with Crippen molar-refractivity contribution in [3.63, 3.8) is 0 Å². The zero-order valence-corrected chi connectivity index (χ0v) is 17.1. The van der Waals surface area contributed by atoms with Gasteiger partial charge in [-0.15, -0.1) is 0 Å². The Balaban J connectivity index is 1.39. The number of ether oxygens (including phenoxy) is 1. The zero-order valence-electron chi connectivity index (χ0n) is 16.4. The summed E-state index contributed by atoms with van der Waals surface area (Å²) < 4.78 is 5.22. The van der Waals surface area contributed by atoms with E-state index in [9.17, 15) is 9.59 Å². The first-order chi connectivity index (χ1) is 14.1. The standard InChI is InChI=1S/C22H24ClN3O3/c1-29-18-7-4-6-17(13-18)26-21(27)14-20(22(26)28)25-11-9-24(10-12-25)15-16-5-2-3-8-19(16)23/h2-8,13,20H,9-12,14-15H2,1H3/t20-/m0/s1. The molecular weight excluding hydrogens is 390 g/mol. The molecule has 0 bridgehead atoms. The average Bonchev–Trinajstić information content (AvgIpc) is 3.04. The highest BCUT2D eigenvalue weighted by molar-refractivity contribution is 6.31. The van der Waals surface area contributed by atoms with Crippen LogP contribution in [0.4, 0.5) is 5.69 Å². The molecule has 152 valence electrons. The van der Waals surface area contributed by atoms with E-state index in [4.69, 9.17) is 16.3 Å². The molecule has 2 aliphatic heterocycles. The number of rotatable bonds is 5. The second kappa shape index (κ2) is 8.53. The summed E-state index contributed by atoms with van der Waals surface area (Å²) in [4.78, 5) is 31.4. The maximum absolute atomic E-state index is 13.0. The Morgan fingerprint density at radius 3 is 2.52 bits per heavy atom. The monoisotopic (exact) mass is 413 g/mol. The van der Waals surface area contributed by atoms with Gasteiger partial charge in [-0.1, -0.05) is 35.9 Å². The lowest BCUT2D eigenvalue weighted by atomic mass is 10.1. The lowest BCUT2D eigenvalue weighted by molar-refractivity contribution is -0.123. The molecule has 0 N–H and O–H groups in total. The van der Waals surface area contributed by atoms with E-state index in [1.807, 2.05) is 24.3 Å². The van der Waals surface area contributed by atoms with Crippen LogP contribution in [0, 0.1) is 0 Å². The molecule has 7 heteroatoms. The Kier molecular flexibility index (Phi) is 5.85. The number of anilines is 1. The van der Waals surface area contributed by atoms with Crippen LogP contribution in [0.5, 0.6) is 5.75 Å². The first-order valence-electron chi connectivity index (χ1n) is 9.77. The third-order valence-electron chi connectivity index (χ3n) is 5.63. The smallest absolute Gasteiger partial charge is 0.251 e. The van der Waals surface area contributed by atoms with Crippen LogP contribution in [-0.4, -0.2) is 60.9 Å². The maximum atomic E-state index is 13.0. The summed E-state index contributed by atoms with van der Waals surface area (Å²) in [7, 11) is 1.57. The number of amides is 2. The van der Waals surface area contributed by atoms with Crippen LogP contribution < -0.4 is 9.64 Å². The molecule has 2 saturated heterocycles. The van der Waals surface area contributed by atoms with Crippen molar-refractivity contribution in [2.24, 2.45) is 0 Å². The van der Waals surface area contributed by atoms with E-state index in [0.717, 1.165) is 43.3 Å². The number of piperazine rings is 1. The number of halogens is 1. The van der Waals surface area contributed by atoms with Crippen molar-refractivity contribution >= 4 is 29.1 Å². The third kappa shape index (κ3) is 4.15.